The number of carboxylic acids is 1. The van der Waals surface area contributed by atoms with Crippen molar-refractivity contribution >= 4 is 21.9 Å². The summed E-state index contributed by atoms with van der Waals surface area (Å²) in [6, 6.07) is 5.60. The molecule has 1 aromatic rings. The van der Waals surface area contributed by atoms with E-state index in [1.165, 1.54) is 35.2 Å². The number of nitrogens with zero attached hydrogens (tertiary/aromatic N) is 1. The van der Waals surface area contributed by atoms with Crippen molar-refractivity contribution in [3.63, 3.8) is 0 Å². The lowest BCUT2D eigenvalue weighted by molar-refractivity contribution is -0.160. The minimum atomic E-state index is -3.75. The van der Waals surface area contributed by atoms with Crippen LogP contribution in [0.25, 0.3) is 0 Å². The van der Waals surface area contributed by atoms with Gasteiger partial charge in [0.2, 0.25) is 10.0 Å². The number of benzene rings is 1. The van der Waals surface area contributed by atoms with E-state index >= 15 is 0 Å². The number of carbonyl (C=O) groups excluding carboxylic acids is 1. The van der Waals surface area contributed by atoms with Gasteiger partial charge in [0.25, 0.3) is 5.91 Å². The monoisotopic (exact) mass is 368 g/mol. The molecule has 1 aromatic carbocycles. The quantitative estimate of drug-likeness (QED) is 0.706. The van der Waals surface area contributed by atoms with E-state index in [0.29, 0.717) is 0 Å². The van der Waals surface area contributed by atoms with Crippen LogP contribution in [0, 0.1) is 0 Å². The summed E-state index contributed by atoms with van der Waals surface area (Å²) in [5, 5.41) is 9.10. The molecule has 1 saturated heterocycles. The van der Waals surface area contributed by atoms with E-state index in [1.54, 1.807) is 6.92 Å². The lowest BCUT2D eigenvalue weighted by Gasteiger charge is -2.35. The van der Waals surface area contributed by atoms with E-state index in [4.69, 9.17) is 9.84 Å². The Balaban J connectivity index is 2.23. The van der Waals surface area contributed by atoms with Gasteiger partial charge in [-0.3, -0.25) is 4.79 Å². The summed E-state index contributed by atoms with van der Waals surface area (Å²) >= 11 is 0. The van der Waals surface area contributed by atoms with Gasteiger partial charge in [-0.25, -0.2) is 17.9 Å². The predicted octanol–water partition coefficient (Wildman–Crippen LogP) is 0.465. The van der Waals surface area contributed by atoms with Gasteiger partial charge in [-0.2, -0.15) is 0 Å². The van der Waals surface area contributed by atoms with Crippen LogP contribution >= 0.6 is 0 Å². The van der Waals surface area contributed by atoms with Crippen molar-refractivity contribution in [3.8, 4) is 0 Å². The van der Waals surface area contributed by atoms with E-state index in [9.17, 15) is 18.0 Å². The predicted molar refractivity (Wildman–Crippen MR) is 89.7 cm³/mol. The Morgan fingerprint density at radius 1 is 1.44 bits per heavy atom. The molecule has 9 heteroatoms. The molecule has 0 bridgehead atoms. The largest absolute Gasteiger partial charge is 0.479 e. The number of amides is 1. The fourth-order valence-electron chi connectivity index (χ4n) is 2.48. The highest BCUT2D eigenvalue weighted by molar-refractivity contribution is 7.89. The summed E-state index contributed by atoms with van der Waals surface area (Å²) in [5.74, 6) is -1.59. The molecule has 0 aromatic heterocycles. The molecule has 1 unspecified atom stereocenters. The summed E-state index contributed by atoms with van der Waals surface area (Å²) in [6.45, 7) is 5.33. The van der Waals surface area contributed by atoms with Crippen LogP contribution in [0.5, 0.6) is 0 Å². The van der Waals surface area contributed by atoms with Gasteiger partial charge in [0.1, 0.15) is 0 Å². The van der Waals surface area contributed by atoms with Crippen molar-refractivity contribution < 1.29 is 27.9 Å². The second kappa shape index (κ2) is 7.77. The van der Waals surface area contributed by atoms with E-state index in [-0.39, 0.29) is 30.1 Å². The average molecular weight is 368 g/mol. The molecule has 136 valence electrons. The SMILES string of the molecule is C=CCNS(=O)(=O)c1cccc(C(=O)N2CC(C(=O)O)O[C@H](C)C2)c1. The maximum Gasteiger partial charge on any atom is 0.334 e. The Morgan fingerprint density at radius 3 is 2.80 bits per heavy atom. The highest BCUT2D eigenvalue weighted by atomic mass is 32.2. The molecule has 1 amide bonds. The van der Waals surface area contributed by atoms with Gasteiger partial charge >= 0.3 is 5.97 Å². The topological polar surface area (TPSA) is 113 Å². The molecule has 25 heavy (non-hydrogen) atoms. The number of nitrogens with one attached hydrogen (secondary N) is 1. The molecule has 2 N–H and O–H groups in total. The number of carboxylic acid groups (broad SMARTS) is 1. The van der Waals surface area contributed by atoms with E-state index in [2.05, 4.69) is 11.3 Å². The maximum absolute atomic E-state index is 12.7. The summed E-state index contributed by atoms with van der Waals surface area (Å²) in [4.78, 5) is 25.1. The number of carbonyl (C=O) groups is 2. The first-order valence-electron chi connectivity index (χ1n) is 7.62. The van der Waals surface area contributed by atoms with E-state index < -0.39 is 34.1 Å². The van der Waals surface area contributed by atoms with Crippen molar-refractivity contribution in [1.82, 2.24) is 9.62 Å². The smallest absolute Gasteiger partial charge is 0.334 e. The standard InChI is InChI=1S/C16H20N2O6S/c1-3-7-17-25(22,23)13-6-4-5-12(8-13)15(19)18-9-11(2)24-14(10-18)16(20)21/h3-6,8,11,14,17H,1,7,9-10H2,2H3,(H,20,21)/t11-,14?/m1/s1. The number of sulfonamides is 1. The number of aliphatic carboxylic acids is 1. The fourth-order valence-corrected chi connectivity index (χ4v) is 3.53. The third-order valence-electron chi connectivity index (χ3n) is 3.63. The number of hydrogen-bond donors (Lipinski definition) is 2. The first-order chi connectivity index (χ1) is 11.7. The first-order valence-corrected chi connectivity index (χ1v) is 9.11. The number of ether oxygens (including phenoxy) is 1. The summed E-state index contributed by atoms with van der Waals surface area (Å²) < 4.78 is 31.9. The Bertz CT molecular complexity index is 777. The van der Waals surface area contributed by atoms with Crippen molar-refractivity contribution in [3.05, 3.63) is 42.5 Å². The second-order valence-corrected chi connectivity index (χ2v) is 7.42. The van der Waals surface area contributed by atoms with Gasteiger partial charge in [0, 0.05) is 18.7 Å². The number of hydrogen-bond acceptors (Lipinski definition) is 5. The van der Waals surface area contributed by atoms with Gasteiger partial charge in [-0.15, -0.1) is 6.58 Å². The van der Waals surface area contributed by atoms with Crippen LogP contribution in [0.4, 0.5) is 0 Å². The summed E-state index contributed by atoms with van der Waals surface area (Å²) in [5.41, 5.74) is 0.166. The first kappa shape index (κ1) is 19.1. The molecule has 0 aliphatic carbocycles. The van der Waals surface area contributed by atoms with Gasteiger partial charge in [-0.05, 0) is 25.1 Å². The Labute approximate surface area is 146 Å². The Morgan fingerprint density at radius 2 is 2.16 bits per heavy atom. The van der Waals surface area contributed by atoms with Crippen molar-refractivity contribution in [2.75, 3.05) is 19.6 Å². The normalized spacial score (nSPS) is 20.9. The lowest BCUT2D eigenvalue weighted by Crippen LogP contribution is -2.51. The second-order valence-electron chi connectivity index (χ2n) is 5.65. The average Bonchev–Trinajstić information content (AvgIpc) is 2.59. The van der Waals surface area contributed by atoms with Gasteiger partial charge in [0.15, 0.2) is 6.10 Å². The van der Waals surface area contributed by atoms with Crippen molar-refractivity contribution in [2.45, 2.75) is 24.0 Å². The Kier molecular flexibility index (Phi) is 5.93. The van der Waals surface area contributed by atoms with Crippen LogP contribution in [0.1, 0.15) is 17.3 Å². The molecule has 2 atom stereocenters. The van der Waals surface area contributed by atoms with E-state index in [0.717, 1.165) is 0 Å². The van der Waals surface area contributed by atoms with Crippen LogP contribution in [0.2, 0.25) is 0 Å². The zero-order valence-electron chi connectivity index (χ0n) is 13.7. The van der Waals surface area contributed by atoms with Gasteiger partial charge in [0.05, 0.1) is 17.5 Å². The van der Waals surface area contributed by atoms with Gasteiger partial charge < -0.3 is 14.7 Å². The van der Waals surface area contributed by atoms with Crippen LogP contribution in [-0.2, 0) is 19.6 Å². The summed E-state index contributed by atoms with van der Waals surface area (Å²) in [7, 11) is -3.75. The van der Waals surface area contributed by atoms with Crippen LogP contribution < -0.4 is 4.72 Å². The van der Waals surface area contributed by atoms with Crippen LogP contribution in [0.15, 0.2) is 41.8 Å². The minimum absolute atomic E-state index is 0.0451. The Hall–Kier alpha value is -2.23. The molecule has 1 heterocycles. The molecule has 0 spiro atoms. The molecule has 1 aliphatic rings. The molecule has 1 aliphatic heterocycles. The van der Waals surface area contributed by atoms with Crippen LogP contribution in [0.3, 0.4) is 0 Å². The fraction of sp³-hybridized carbons (Fsp3) is 0.375. The molecule has 0 radical (unpaired) electrons. The third kappa shape index (κ3) is 4.65. The zero-order chi connectivity index (χ0) is 18.6. The van der Waals surface area contributed by atoms with Crippen molar-refractivity contribution in [2.24, 2.45) is 0 Å². The maximum atomic E-state index is 12.7. The molecular formula is C16H20N2O6S. The van der Waals surface area contributed by atoms with Gasteiger partial charge in [-0.1, -0.05) is 12.1 Å². The third-order valence-corrected chi connectivity index (χ3v) is 5.05. The minimum Gasteiger partial charge on any atom is -0.479 e. The molecular weight excluding hydrogens is 348 g/mol. The zero-order valence-corrected chi connectivity index (χ0v) is 14.5. The van der Waals surface area contributed by atoms with E-state index in [1.807, 2.05) is 0 Å². The molecule has 1 fully saturated rings. The summed E-state index contributed by atoms with van der Waals surface area (Å²) in [6.07, 6.45) is -0.123. The lowest BCUT2D eigenvalue weighted by atomic mass is 10.1. The number of rotatable bonds is 6. The molecule has 0 saturated carbocycles. The highest BCUT2D eigenvalue weighted by Crippen LogP contribution is 2.17. The number of morpholine rings is 1. The molecule has 2 rings (SSSR count). The van der Waals surface area contributed by atoms with Crippen molar-refractivity contribution in [1.29, 1.82) is 0 Å². The molecule has 8 nitrogen and oxygen atoms in total. The highest BCUT2D eigenvalue weighted by Gasteiger charge is 2.33. The van der Waals surface area contributed by atoms with Crippen LogP contribution in [-0.4, -0.2) is 62.1 Å².